The summed E-state index contributed by atoms with van der Waals surface area (Å²) in [6.07, 6.45) is 1.34. The van der Waals surface area contributed by atoms with Gasteiger partial charge in [0.1, 0.15) is 12.4 Å². The summed E-state index contributed by atoms with van der Waals surface area (Å²) in [5.41, 5.74) is 5.99. The van der Waals surface area contributed by atoms with Crippen LogP contribution in [0, 0.1) is 6.92 Å². The Morgan fingerprint density at radius 1 is 1.03 bits per heavy atom. The van der Waals surface area contributed by atoms with Crippen molar-refractivity contribution in [1.29, 1.82) is 0 Å². The summed E-state index contributed by atoms with van der Waals surface area (Å²) in [4.78, 5) is 27.2. The van der Waals surface area contributed by atoms with E-state index in [1.807, 2.05) is 55.5 Å². The van der Waals surface area contributed by atoms with Crippen molar-refractivity contribution in [3.05, 3.63) is 111 Å². The molecule has 0 spiro atoms. The number of ether oxygens (including phenoxy) is 1. The zero-order valence-corrected chi connectivity index (χ0v) is 17.0. The molecule has 4 rings (SSSR count). The molecule has 154 valence electrons. The first kappa shape index (κ1) is 20.1. The van der Waals surface area contributed by atoms with Gasteiger partial charge in [0.25, 0.3) is 11.5 Å². The number of benzene rings is 3. The highest BCUT2D eigenvalue weighted by atomic mass is 16.5. The van der Waals surface area contributed by atoms with Crippen LogP contribution in [-0.4, -0.2) is 17.1 Å². The number of fused-ring (bicyclic) bond motifs is 1. The van der Waals surface area contributed by atoms with Crippen molar-refractivity contribution < 1.29 is 9.53 Å². The minimum absolute atomic E-state index is 0.272. The molecule has 0 fully saturated rings. The smallest absolute Gasteiger partial charge is 0.271 e. The Labute approximate surface area is 179 Å². The third-order valence-corrected chi connectivity index (χ3v) is 4.79. The minimum Gasteiger partial charge on any atom is -0.489 e. The van der Waals surface area contributed by atoms with Gasteiger partial charge in [0.15, 0.2) is 0 Å². The molecule has 4 aromatic rings. The van der Waals surface area contributed by atoms with E-state index in [1.165, 1.54) is 11.8 Å². The fraction of sp³-hybridized carbons (Fsp3) is 0.0800. The lowest BCUT2D eigenvalue weighted by Gasteiger charge is -2.07. The van der Waals surface area contributed by atoms with Crippen LogP contribution in [0.5, 0.6) is 5.75 Å². The van der Waals surface area contributed by atoms with E-state index in [0.29, 0.717) is 23.5 Å². The van der Waals surface area contributed by atoms with Crippen molar-refractivity contribution in [3.63, 3.8) is 0 Å². The number of carbonyl (C=O) groups is 1. The van der Waals surface area contributed by atoms with Crippen molar-refractivity contribution in [2.24, 2.45) is 5.10 Å². The first-order valence-electron chi connectivity index (χ1n) is 9.82. The van der Waals surface area contributed by atoms with Crippen molar-refractivity contribution in [3.8, 4) is 5.75 Å². The molecule has 0 unspecified atom stereocenters. The number of carbonyl (C=O) groups excluding carboxylic acids is 1. The molecule has 0 radical (unpaired) electrons. The van der Waals surface area contributed by atoms with Crippen LogP contribution in [0.4, 0.5) is 0 Å². The molecular weight excluding hydrogens is 390 g/mol. The van der Waals surface area contributed by atoms with Gasteiger partial charge in [-0.15, -0.1) is 0 Å². The van der Waals surface area contributed by atoms with E-state index in [2.05, 4.69) is 15.5 Å². The second-order valence-corrected chi connectivity index (χ2v) is 7.14. The van der Waals surface area contributed by atoms with Crippen molar-refractivity contribution >= 4 is 23.0 Å². The fourth-order valence-corrected chi connectivity index (χ4v) is 3.04. The first-order chi connectivity index (χ1) is 15.1. The number of aromatic amines is 1. The third kappa shape index (κ3) is 5.05. The predicted octanol–water partition coefficient (Wildman–Crippen LogP) is 4.18. The van der Waals surface area contributed by atoms with E-state index in [0.717, 1.165) is 16.5 Å². The van der Waals surface area contributed by atoms with Crippen molar-refractivity contribution in [1.82, 2.24) is 10.4 Å². The summed E-state index contributed by atoms with van der Waals surface area (Å²) in [5, 5.41) is 4.80. The zero-order chi connectivity index (χ0) is 21.6. The number of hydrogen-bond acceptors (Lipinski definition) is 4. The van der Waals surface area contributed by atoms with E-state index in [1.54, 1.807) is 30.3 Å². The number of nitrogens with zero attached hydrogens (tertiary/aromatic N) is 1. The van der Waals surface area contributed by atoms with Crippen LogP contribution in [0.15, 0.2) is 88.8 Å². The Hall–Kier alpha value is -4.19. The Kier molecular flexibility index (Phi) is 5.89. The summed E-state index contributed by atoms with van der Waals surface area (Å²) in [6, 6.07) is 24.1. The summed E-state index contributed by atoms with van der Waals surface area (Å²) in [6.45, 7) is 2.49. The van der Waals surface area contributed by atoms with Gasteiger partial charge in [-0.25, -0.2) is 5.43 Å². The van der Waals surface area contributed by atoms with Gasteiger partial charge in [-0.05, 0) is 54.3 Å². The Morgan fingerprint density at radius 2 is 1.77 bits per heavy atom. The average molecular weight is 411 g/mol. The summed E-state index contributed by atoms with van der Waals surface area (Å²) < 4.78 is 5.75. The molecule has 6 nitrogen and oxygen atoms in total. The highest BCUT2D eigenvalue weighted by Gasteiger charge is 2.05. The van der Waals surface area contributed by atoms with Gasteiger partial charge in [0, 0.05) is 11.1 Å². The number of hydrazone groups is 1. The molecule has 6 heteroatoms. The lowest BCUT2D eigenvalue weighted by atomic mass is 10.2. The summed E-state index contributed by atoms with van der Waals surface area (Å²) >= 11 is 0. The number of pyridine rings is 1. The quantitative estimate of drug-likeness (QED) is 0.369. The molecule has 0 aliphatic heterocycles. The summed E-state index contributed by atoms with van der Waals surface area (Å²) in [5.74, 6) is 0.293. The molecule has 3 aromatic carbocycles. The van der Waals surface area contributed by atoms with Gasteiger partial charge in [-0.3, -0.25) is 9.59 Å². The fourth-order valence-electron chi connectivity index (χ4n) is 3.04. The highest BCUT2D eigenvalue weighted by Crippen LogP contribution is 2.15. The van der Waals surface area contributed by atoms with E-state index in [9.17, 15) is 9.59 Å². The number of amides is 1. The van der Waals surface area contributed by atoms with Crippen molar-refractivity contribution in [2.45, 2.75) is 13.5 Å². The predicted molar refractivity (Wildman–Crippen MR) is 122 cm³/mol. The standard InChI is InChI=1S/C25H21N3O3/c1-17-6-8-18(9-7-17)16-31-22-12-10-19(11-13-22)25(30)28-26-15-21-14-20-4-2-3-5-23(20)27-24(21)29/h2-15H,16H2,1H3,(H,27,29)(H,28,30)/b26-15-. The maximum atomic E-state index is 12.3. The molecule has 0 aliphatic rings. The molecule has 0 saturated heterocycles. The molecule has 0 atom stereocenters. The maximum Gasteiger partial charge on any atom is 0.271 e. The number of aromatic nitrogens is 1. The number of para-hydroxylation sites is 1. The van der Waals surface area contributed by atoms with E-state index >= 15 is 0 Å². The Morgan fingerprint density at radius 3 is 2.55 bits per heavy atom. The minimum atomic E-state index is -0.376. The van der Waals surface area contributed by atoms with Gasteiger partial charge in [0.05, 0.1) is 11.8 Å². The van der Waals surface area contributed by atoms with Crippen LogP contribution in [0.2, 0.25) is 0 Å². The number of nitrogens with one attached hydrogen (secondary N) is 2. The van der Waals surface area contributed by atoms with Gasteiger partial charge >= 0.3 is 0 Å². The van der Waals surface area contributed by atoms with Crippen LogP contribution in [-0.2, 0) is 6.61 Å². The largest absolute Gasteiger partial charge is 0.489 e. The molecule has 0 saturated carbocycles. The van der Waals surface area contributed by atoms with Gasteiger partial charge in [-0.1, -0.05) is 48.0 Å². The number of H-pyrrole nitrogens is 1. The molecule has 0 bridgehead atoms. The second kappa shape index (κ2) is 9.09. The van der Waals surface area contributed by atoms with E-state index in [4.69, 9.17) is 4.74 Å². The lowest BCUT2D eigenvalue weighted by molar-refractivity contribution is 0.0955. The number of rotatable bonds is 6. The first-order valence-corrected chi connectivity index (χ1v) is 9.82. The monoisotopic (exact) mass is 411 g/mol. The van der Waals surface area contributed by atoms with E-state index in [-0.39, 0.29) is 11.5 Å². The van der Waals surface area contributed by atoms with Gasteiger partial charge in [-0.2, -0.15) is 5.10 Å². The van der Waals surface area contributed by atoms with Crippen LogP contribution in [0.25, 0.3) is 10.9 Å². The lowest BCUT2D eigenvalue weighted by Crippen LogP contribution is -2.19. The molecule has 0 aliphatic carbocycles. The molecular formula is C25H21N3O3. The van der Waals surface area contributed by atoms with Crippen LogP contribution >= 0.6 is 0 Å². The average Bonchev–Trinajstić information content (AvgIpc) is 2.79. The van der Waals surface area contributed by atoms with Crippen LogP contribution in [0.3, 0.4) is 0 Å². The Bertz CT molecular complexity index is 1290. The molecule has 1 amide bonds. The third-order valence-electron chi connectivity index (χ3n) is 4.79. The Balaban J connectivity index is 1.36. The topological polar surface area (TPSA) is 83.5 Å². The number of aryl methyl sites for hydroxylation is 1. The summed E-state index contributed by atoms with van der Waals surface area (Å²) in [7, 11) is 0. The van der Waals surface area contributed by atoms with Gasteiger partial charge in [0.2, 0.25) is 0 Å². The zero-order valence-electron chi connectivity index (χ0n) is 17.0. The molecule has 2 N–H and O–H groups in total. The van der Waals surface area contributed by atoms with Gasteiger partial charge < -0.3 is 9.72 Å². The van der Waals surface area contributed by atoms with Crippen LogP contribution < -0.4 is 15.7 Å². The number of hydrogen-bond donors (Lipinski definition) is 2. The molecule has 31 heavy (non-hydrogen) atoms. The maximum absolute atomic E-state index is 12.3. The van der Waals surface area contributed by atoms with Crippen LogP contribution in [0.1, 0.15) is 27.0 Å². The molecule has 1 aromatic heterocycles. The van der Waals surface area contributed by atoms with E-state index < -0.39 is 0 Å². The SMILES string of the molecule is Cc1ccc(COc2ccc(C(=O)N/N=C\c3cc4ccccc4[nH]c3=O)cc2)cc1. The second-order valence-electron chi connectivity index (χ2n) is 7.14. The molecule has 1 heterocycles. The van der Waals surface area contributed by atoms with Crippen molar-refractivity contribution in [2.75, 3.05) is 0 Å². The normalized spacial score (nSPS) is 11.0. The highest BCUT2D eigenvalue weighted by molar-refractivity contribution is 5.95.